The van der Waals surface area contributed by atoms with Crippen molar-refractivity contribution in [1.82, 2.24) is 9.97 Å². The van der Waals surface area contributed by atoms with Crippen molar-refractivity contribution in [2.24, 2.45) is 5.92 Å². The van der Waals surface area contributed by atoms with Crippen LogP contribution in [0, 0.1) is 5.92 Å². The monoisotopic (exact) mass is 267 g/mol. The molecule has 1 aromatic heterocycles. The second-order valence-corrected chi connectivity index (χ2v) is 6.05. The number of nitrogens with one attached hydrogen (secondary N) is 1. The highest BCUT2D eigenvalue weighted by atomic mass is 35.5. The molecule has 4 heteroatoms. The highest BCUT2D eigenvalue weighted by molar-refractivity contribution is 6.30. The third-order valence-electron chi connectivity index (χ3n) is 3.69. The summed E-state index contributed by atoms with van der Waals surface area (Å²) >= 11 is 6.18. The van der Waals surface area contributed by atoms with Crippen molar-refractivity contribution in [2.75, 3.05) is 5.32 Å². The molecular weight excluding hydrogens is 246 g/mol. The topological polar surface area (TPSA) is 37.8 Å². The van der Waals surface area contributed by atoms with Crippen LogP contribution >= 0.6 is 11.6 Å². The van der Waals surface area contributed by atoms with Gasteiger partial charge in [0.05, 0.1) is 0 Å². The van der Waals surface area contributed by atoms with Gasteiger partial charge in [-0.15, -0.1) is 0 Å². The van der Waals surface area contributed by atoms with Gasteiger partial charge in [-0.05, 0) is 24.7 Å². The van der Waals surface area contributed by atoms with Crippen LogP contribution in [0.15, 0.2) is 6.33 Å². The molecule has 2 rings (SSSR count). The van der Waals surface area contributed by atoms with Gasteiger partial charge in [0.2, 0.25) is 0 Å². The summed E-state index contributed by atoms with van der Waals surface area (Å²) < 4.78 is 0. The molecule has 0 radical (unpaired) electrons. The molecule has 1 N–H and O–H groups in total. The predicted molar refractivity (Wildman–Crippen MR) is 76.2 cm³/mol. The van der Waals surface area contributed by atoms with E-state index in [0.29, 0.717) is 17.1 Å². The Balaban J connectivity index is 2.15. The normalized spacial score (nSPS) is 24.3. The molecule has 1 aliphatic carbocycles. The minimum atomic E-state index is 0.335. The Morgan fingerprint density at radius 1 is 1.33 bits per heavy atom. The average molecular weight is 268 g/mol. The van der Waals surface area contributed by atoms with E-state index in [0.717, 1.165) is 17.3 Å². The first-order chi connectivity index (χ1) is 8.58. The summed E-state index contributed by atoms with van der Waals surface area (Å²) in [6.45, 7) is 6.57. The Labute approximate surface area is 114 Å². The fourth-order valence-electron chi connectivity index (χ4n) is 2.76. The molecule has 1 heterocycles. The first kappa shape index (κ1) is 13.6. The highest BCUT2D eigenvalue weighted by Crippen LogP contribution is 2.31. The lowest BCUT2D eigenvalue weighted by atomic mass is 9.87. The standard InChI is InChI=1S/C14H22ClN3/c1-9(2)12-13(15)16-8-17-14(12)18-11-6-4-5-10(3)7-11/h8-11H,4-7H2,1-3H3,(H,16,17,18). The maximum Gasteiger partial charge on any atom is 0.138 e. The summed E-state index contributed by atoms with van der Waals surface area (Å²) in [6.07, 6.45) is 6.64. The van der Waals surface area contributed by atoms with Crippen LogP contribution in [0.25, 0.3) is 0 Å². The molecule has 2 atom stereocenters. The molecule has 1 aliphatic rings. The predicted octanol–water partition coefficient (Wildman–Crippen LogP) is 4.24. The van der Waals surface area contributed by atoms with Crippen LogP contribution in [-0.4, -0.2) is 16.0 Å². The van der Waals surface area contributed by atoms with Gasteiger partial charge in [0.1, 0.15) is 17.3 Å². The van der Waals surface area contributed by atoms with Crippen molar-refractivity contribution >= 4 is 17.4 Å². The summed E-state index contributed by atoms with van der Waals surface area (Å²) in [7, 11) is 0. The van der Waals surface area contributed by atoms with E-state index >= 15 is 0 Å². The molecule has 100 valence electrons. The van der Waals surface area contributed by atoms with E-state index in [1.54, 1.807) is 6.33 Å². The van der Waals surface area contributed by atoms with E-state index < -0.39 is 0 Å². The van der Waals surface area contributed by atoms with Crippen LogP contribution in [-0.2, 0) is 0 Å². The van der Waals surface area contributed by atoms with E-state index in [1.807, 2.05) is 0 Å². The minimum Gasteiger partial charge on any atom is -0.367 e. The number of hydrogen-bond acceptors (Lipinski definition) is 3. The van der Waals surface area contributed by atoms with E-state index in [2.05, 4.69) is 36.1 Å². The second kappa shape index (κ2) is 5.87. The molecule has 1 aromatic rings. The zero-order valence-corrected chi connectivity index (χ0v) is 12.2. The molecular formula is C14H22ClN3. The van der Waals surface area contributed by atoms with Gasteiger partial charge in [-0.25, -0.2) is 9.97 Å². The zero-order chi connectivity index (χ0) is 13.1. The number of hydrogen-bond donors (Lipinski definition) is 1. The molecule has 2 unspecified atom stereocenters. The molecule has 0 aromatic carbocycles. The number of halogens is 1. The van der Waals surface area contributed by atoms with Gasteiger partial charge in [-0.2, -0.15) is 0 Å². The zero-order valence-electron chi connectivity index (χ0n) is 11.4. The summed E-state index contributed by atoms with van der Waals surface area (Å²) in [4.78, 5) is 8.46. The van der Waals surface area contributed by atoms with E-state index in [-0.39, 0.29) is 0 Å². The molecule has 1 fully saturated rings. The molecule has 0 aliphatic heterocycles. The van der Waals surface area contributed by atoms with Gasteiger partial charge in [0, 0.05) is 11.6 Å². The molecule has 0 spiro atoms. The lowest BCUT2D eigenvalue weighted by Gasteiger charge is -2.29. The van der Waals surface area contributed by atoms with Gasteiger partial charge in [-0.1, -0.05) is 45.2 Å². The Morgan fingerprint density at radius 2 is 2.11 bits per heavy atom. The van der Waals surface area contributed by atoms with Gasteiger partial charge in [0.25, 0.3) is 0 Å². The van der Waals surface area contributed by atoms with Crippen LogP contribution in [0.2, 0.25) is 5.15 Å². The number of anilines is 1. The van der Waals surface area contributed by atoms with E-state index in [1.165, 1.54) is 25.7 Å². The lowest BCUT2D eigenvalue weighted by Crippen LogP contribution is -2.27. The van der Waals surface area contributed by atoms with Crippen LogP contribution < -0.4 is 5.32 Å². The first-order valence-electron chi connectivity index (χ1n) is 6.84. The highest BCUT2D eigenvalue weighted by Gasteiger charge is 2.21. The quantitative estimate of drug-likeness (QED) is 0.832. The maximum atomic E-state index is 6.18. The van der Waals surface area contributed by atoms with Crippen molar-refractivity contribution in [2.45, 2.75) is 58.4 Å². The number of rotatable bonds is 3. The fourth-order valence-corrected chi connectivity index (χ4v) is 3.11. The van der Waals surface area contributed by atoms with Crippen molar-refractivity contribution in [3.05, 3.63) is 17.0 Å². The minimum absolute atomic E-state index is 0.335. The van der Waals surface area contributed by atoms with Crippen LogP contribution in [0.4, 0.5) is 5.82 Å². The molecule has 0 amide bonds. The van der Waals surface area contributed by atoms with Crippen molar-refractivity contribution < 1.29 is 0 Å². The van der Waals surface area contributed by atoms with Crippen LogP contribution in [0.1, 0.15) is 57.9 Å². The third-order valence-corrected chi connectivity index (χ3v) is 3.99. The second-order valence-electron chi connectivity index (χ2n) is 5.69. The SMILES string of the molecule is CC1CCCC(Nc2ncnc(Cl)c2C(C)C)C1. The molecule has 3 nitrogen and oxygen atoms in total. The largest absolute Gasteiger partial charge is 0.367 e. The fraction of sp³-hybridized carbons (Fsp3) is 0.714. The Kier molecular flexibility index (Phi) is 4.44. The van der Waals surface area contributed by atoms with Crippen molar-refractivity contribution in [3.63, 3.8) is 0 Å². The van der Waals surface area contributed by atoms with E-state index in [9.17, 15) is 0 Å². The van der Waals surface area contributed by atoms with Crippen LogP contribution in [0.5, 0.6) is 0 Å². The van der Waals surface area contributed by atoms with Gasteiger partial charge >= 0.3 is 0 Å². The molecule has 1 saturated carbocycles. The molecule has 18 heavy (non-hydrogen) atoms. The van der Waals surface area contributed by atoms with Gasteiger partial charge < -0.3 is 5.32 Å². The summed E-state index contributed by atoms with van der Waals surface area (Å²) in [5, 5.41) is 4.14. The molecule has 0 saturated heterocycles. The Morgan fingerprint density at radius 3 is 2.78 bits per heavy atom. The number of nitrogens with zero attached hydrogens (tertiary/aromatic N) is 2. The smallest absolute Gasteiger partial charge is 0.138 e. The van der Waals surface area contributed by atoms with Gasteiger partial charge in [-0.3, -0.25) is 0 Å². The Hall–Kier alpha value is -0.830. The lowest BCUT2D eigenvalue weighted by molar-refractivity contribution is 0.358. The van der Waals surface area contributed by atoms with E-state index in [4.69, 9.17) is 11.6 Å². The third kappa shape index (κ3) is 3.14. The molecule has 0 bridgehead atoms. The van der Waals surface area contributed by atoms with Crippen molar-refractivity contribution in [3.8, 4) is 0 Å². The Bertz CT molecular complexity index is 406. The van der Waals surface area contributed by atoms with Gasteiger partial charge in [0.15, 0.2) is 0 Å². The average Bonchev–Trinajstić information content (AvgIpc) is 2.28. The van der Waals surface area contributed by atoms with Crippen LogP contribution in [0.3, 0.4) is 0 Å². The maximum absolute atomic E-state index is 6.18. The summed E-state index contributed by atoms with van der Waals surface area (Å²) in [5.74, 6) is 2.06. The first-order valence-corrected chi connectivity index (χ1v) is 7.22. The summed E-state index contributed by atoms with van der Waals surface area (Å²) in [5.41, 5.74) is 1.04. The van der Waals surface area contributed by atoms with Crippen molar-refractivity contribution in [1.29, 1.82) is 0 Å². The summed E-state index contributed by atoms with van der Waals surface area (Å²) in [6, 6.07) is 0.525. The number of aromatic nitrogens is 2.